The van der Waals surface area contributed by atoms with Gasteiger partial charge in [0.25, 0.3) is 5.78 Å². The van der Waals surface area contributed by atoms with Gasteiger partial charge >= 0.3 is 47.8 Å². The van der Waals surface area contributed by atoms with Crippen molar-refractivity contribution in [1.29, 1.82) is 0 Å². The van der Waals surface area contributed by atoms with Crippen molar-refractivity contribution in [2.24, 2.45) is 5.73 Å². The van der Waals surface area contributed by atoms with Crippen molar-refractivity contribution in [3.8, 4) is 0 Å². The summed E-state index contributed by atoms with van der Waals surface area (Å²) in [6.45, 7) is 2.97. The molecule has 0 aromatic carbocycles. The van der Waals surface area contributed by atoms with Gasteiger partial charge in [0.2, 0.25) is 0 Å². The zero-order chi connectivity index (χ0) is 31.2. The third-order valence-corrected chi connectivity index (χ3v) is 5.27. The molecule has 0 radical (unpaired) electrons. The van der Waals surface area contributed by atoms with Crippen LogP contribution >= 0.6 is 0 Å². The van der Waals surface area contributed by atoms with Gasteiger partial charge in [0.1, 0.15) is 18.8 Å². The third-order valence-electron chi connectivity index (χ3n) is 5.27. The fourth-order valence-electron chi connectivity index (χ4n) is 3.91. The smallest absolute Gasteiger partial charge is 0.452 e. The quantitative estimate of drug-likeness (QED) is 0.250. The van der Waals surface area contributed by atoms with Gasteiger partial charge in [0.15, 0.2) is 17.7 Å². The molecule has 6 atom stereocenters. The molecule has 0 unspecified atom stereocenters. The molecule has 1 aliphatic heterocycles. The SMILES string of the molecule is COC(=O)[C@]1(OC(C)=O)C[C@H](OC(C)=O)[C@](N)(C(=O)C(F)(F)F)[C@H]([C@H](OC(C)=O)[C@@H](COC(C)=O)OC(C)=O)O1. The fourth-order valence-corrected chi connectivity index (χ4v) is 3.91. The number of hydrogen-bond acceptors (Lipinski definition) is 15. The predicted molar refractivity (Wildman–Crippen MR) is 117 cm³/mol. The average Bonchev–Trinajstić information content (AvgIpc) is 2.79. The number of esters is 6. The number of hydrogen-bond donors (Lipinski definition) is 1. The monoisotopic (exact) mass is 587 g/mol. The van der Waals surface area contributed by atoms with Crippen LogP contribution in [0.3, 0.4) is 0 Å². The maximum Gasteiger partial charge on any atom is 0.452 e. The molecular formula is C22H28F3NO14. The number of alkyl halides is 3. The summed E-state index contributed by atoms with van der Waals surface area (Å²) < 4.78 is 76.4. The van der Waals surface area contributed by atoms with Crippen molar-refractivity contribution in [3.63, 3.8) is 0 Å². The lowest BCUT2D eigenvalue weighted by Crippen LogP contribution is -2.79. The standard InChI is InChI=1S/C22H28F3NO14/c1-9(27)35-8-14(36-10(2)28)16(38-12(4)30)17-21(26,18(32)22(23,24)25)15(37-11(3)29)7-20(40-17,19(33)34-6)39-13(5)31/h14-17H,7-8,26H2,1-6H3/t14-,15+,16-,17+,20+,21-/m1/s1. The minimum absolute atomic E-state index is 0.723. The maximum absolute atomic E-state index is 13.9. The van der Waals surface area contributed by atoms with Crippen molar-refractivity contribution in [3.05, 3.63) is 0 Å². The summed E-state index contributed by atoms with van der Waals surface area (Å²) in [5, 5.41) is 0. The highest BCUT2D eigenvalue weighted by atomic mass is 19.4. The van der Waals surface area contributed by atoms with Crippen LogP contribution in [0.2, 0.25) is 0 Å². The second kappa shape index (κ2) is 13.0. The summed E-state index contributed by atoms with van der Waals surface area (Å²) in [6.07, 6.45) is -16.7. The van der Waals surface area contributed by atoms with E-state index in [0.717, 1.165) is 41.7 Å². The molecule has 1 saturated heterocycles. The molecule has 0 amide bonds. The summed E-state index contributed by atoms with van der Waals surface area (Å²) in [4.78, 5) is 84.8. The molecule has 0 bridgehead atoms. The van der Waals surface area contributed by atoms with Crippen LogP contribution in [0, 0.1) is 0 Å². The Morgan fingerprint density at radius 1 is 0.900 bits per heavy atom. The molecule has 1 aliphatic rings. The molecule has 18 heteroatoms. The Morgan fingerprint density at radius 2 is 1.45 bits per heavy atom. The number of methoxy groups -OCH3 is 1. The van der Waals surface area contributed by atoms with Gasteiger partial charge in [-0.3, -0.25) is 28.8 Å². The Hall–Kier alpha value is -3.80. The largest absolute Gasteiger partial charge is 0.464 e. The molecule has 1 fully saturated rings. The normalized spacial score (nSPS) is 25.9. The van der Waals surface area contributed by atoms with Crippen molar-refractivity contribution in [1.82, 2.24) is 0 Å². The minimum atomic E-state index is -5.77. The molecule has 2 N–H and O–H groups in total. The van der Waals surface area contributed by atoms with E-state index < -0.39 is 96.5 Å². The van der Waals surface area contributed by atoms with Crippen molar-refractivity contribution < 1.29 is 79.9 Å². The molecule has 0 saturated carbocycles. The summed E-state index contributed by atoms with van der Waals surface area (Å²) in [5.41, 5.74) is 2.46. The number of carbonyl (C=O) groups excluding carboxylic acids is 7. The van der Waals surface area contributed by atoms with E-state index >= 15 is 0 Å². The highest BCUT2D eigenvalue weighted by Gasteiger charge is 2.71. The maximum atomic E-state index is 13.9. The molecule has 226 valence electrons. The van der Waals surface area contributed by atoms with Crippen LogP contribution in [0.25, 0.3) is 0 Å². The fraction of sp³-hybridized carbons (Fsp3) is 0.682. The molecule has 0 aromatic heterocycles. The van der Waals surface area contributed by atoms with Crippen molar-refractivity contribution >= 4 is 41.6 Å². The van der Waals surface area contributed by atoms with E-state index in [1.807, 2.05) is 0 Å². The van der Waals surface area contributed by atoms with Gasteiger partial charge in [-0.05, 0) is 0 Å². The van der Waals surface area contributed by atoms with E-state index in [-0.39, 0.29) is 0 Å². The number of nitrogens with two attached hydrogens (primary N) is 1. The van der Waals surface area contributed by atoms with Gasteiger partial charge in [-0.15, -0.1) is 0 Å². The number of ketones is 1. The first-order chi connectivity index (χ1) is 18.2. The van der Waals surface area contributed by atoms with Gasteiger partial charge in [-0.25, -0.2) is 4.79 Å². The van der Waals surface area contributed by atoms with E-state index in [9.17, 15) is 46.7 Å². The van der Waals surface area contributed by atoms with Gasteiger partial charge in [0.05, 0.1) is 13.5 Å². The van der Waals surface area contributed by atoms with Gasteiger partial charge in [0, 0.05) is 34.6 Å². The molecule has 0 spiro atoms. The molecule has 0 aromatic rings. The summed E-state index contributed by atoms with van der Waals surface area (Å²) >= 11 is 0. The number of ether oxygens (including phenoxy) is 7. The van der Waals surface area contributed by atoms with Gasteiger partial charge in [-0.2, -0.15) is 13.2 Å². The van der Waals surface area contributed by atoms with Crippen molar-refractivity contribution in [2.75, 3.05) is 13.7 Å². The summed E-state index contributed by atoms with van der Waals surface area (Å²) in [7, 11) is 0.768. The lowest BCUT2D eigenvalue weighted by atomic mass is 9.73. The third kappa shape index (κ3) is 8.10. The second-order valence-electron chi connectivity index (χ2n) is 8.46. The topological polar surface area (TPSA) is 210 Å². The number of halogens is 3. The Kier molecular flexibility index (Phi) is 11.2. The van der Waals surface area contributed by atoms with Gasteiger partial charge in [-0.1, -0.05) is 0 Å². The van der Waals surface area contributed by atoms with Crippen LogP contribution in [-0.2, 0) is 66.7 Å². The van der Waals surface area contributed by atoms with E-state index in [4.69, 9.17) is 34.2 Å². The first-order valence-corrected chi connectivity index (χ1v) is 11.2. The second-order valence-corrected chi connectivity index (χ2v) is 8.46. The highest BCUT2D eigenvalue weighted by Crippen LogP contribution is 2.44. The zero-order valence-electron chi connectivity index (χ0n) is 22.2. The predicted octanol–water partition coefficient (Wildman–Crippen LogP) is -0.605. The van der Waals surface area contributed by atoms with Crippen LogP contribution in [0.5, 0.6) is 0 Å². The number of Topliss-reactive ketones (excluding diaryl/α,β-unsaturated/α-hetero) is 1. The molecule has 15 nitrogen and oxygen atoms in total. The summed E-state index contributed by atoms with van der Waals surface area (Å²) in [6, 6.07) is 0. The highest BCUT2D eigenvalue weighted by molar-refractivity contribution is 5.95. The van der Waals surface area contributed by atoms with E-state index in [2.05, 4.69) is 4.74 Å². The van der Waals surface area contributed by atoms with E-state index in [1.165, 1.54) is 0 Å². The first kappa shape index (κ1) is 34.2. The molecular weight excluding hydrogens is 559 g/mol. The Morgan fingerprint density at radius 3 is 1.85 bits per heavy atom. The van der Waals surface area contributed by atoms with Gasteiger partial charge < -0.3 is 38.9 Å². The van der Waals surface area contributed by atoms with Crippen LogP contribution in [-0.4, -0.2) is 97.2 Å². The molecule has 0 aliphatic carbocycles. The van der Waals surface area contributed by atoms with Crippen LogP contribution in [0.15, 0.2) is 0 Å². The van der Waals surface area contributed by atoms with Crippen LogP contribution in [0.4, 0.5) is 13.2 Å². The summed E-state index contributed by atoms with van der Waals surface area (Å²) in [5.74, 6) is -13.4. The molecule has 1 rings (SSSR count). The van der Waals surface area contributed by atoms with E-state index in [0.29, 0.717) is 0 Å². The van der Waals surface area contributed by atoms with E-state index in [1.54, 1.807) is 0 Å². The lowest BCUT2D eigenvalue weighted by Gasteiger charge is -2.52. The average molecular weight is 587 g/mol. The lowest BCUT2D eigenvalue weighted by molar-refractivity contribution is -0.314. The number of carbonyl (C=O) groups is 7. The van der Waals surface area contributed by atoms with Crippen molar-refractivity contribution in [2.45, 2.75) is 83.0 Å². The Labute approximate surface area is 224 Å². The van der Waals surface area contributed by atoms with Crippen LogP contribution < -0.4 is 5.73 Å². The molecule has 1 heterocycles. The molecule has 40 heavy (non-hydrogen) atoms. The number of rotatable bonds is 10. The zero-order valence-corrected chi connectivity index (χ0v) is 22.2. The van der Waals surface area contributed by atoms with Crippen LogP contribution in [0.1, 0.15) is 41.0 Å². The Bertz CT molecular complexity index is 1050. The first-order valence-electron chi connectivity index (χ1n) is 11.2. The minimum Gasteiger partial charge on any atom is -0.464 e. The Balaban J connectivity index is 4.14.